The van der Waals surface area contributed by atoms with Crippen LogP contribution in [0.2, 0.25) is 0 Å². The van der Waals surface area contributed by atoms with Crippen LogP contribution in [0, 0.1) is 6.92 Å². The molecule has 0 bridgehead atoms. The number of halogens is 1. The van der Waals surface area contributed by atoms with Crippen molar-refractivity contribution in [3.63, 3.8) is 0 Å². The largest absolute Gasteiger partial charge is 0.353 e. The molecule has 1 aromatic rings. The molecule has 24 heavy (non-hydrogen) atoms. The van der Waals surface area contributed by atoms with E-state index in [4.69, 9.17) is 5.73 Å². The number of nitrogens with one attached hydrogen (secondary N) is 1. The summed E-state index contributed by atoms with van der Waals surface area (Å²) in [6.45, 7) is 4.94. The van der Waals surface area contributed by atoms with Crippen molar-refractivity contribution < 1.29 is 4.79 Å². The van der Waals surface area contributed by atoms with Crippen LogP contribution < -0.4 is 11.1 Å². The molecule has 0 radical (unpaired) electrons. The highest BCUT2D eigenvalue weighted by Crippen LogP contribution is 2.24. The Balaban J connectivity index is 0.00000288. The van der Waals surface area contributed by atoms with Gasteiger partial charge in [0.1, 0.15) is 0 Å². The number of nitrogens with zero attached hydrogens (tertiary/aromatic N) is 1. The number of hydrogen-bond acceptors (Lipinski definition) is 4. The normalized spacial score (nSPS) is 17.1. The fraction of sp³-hybridized carbons (Fsp3) is 0.611. The lowest BCUT2D eigenvalue weighted by Gasteiger charge is -2.28. The van der Waals surface area contributed by atoms with E-state index in [0.29, 0.717) is 6.54 Å². The standard InChI is InChI=1S/C18H29N3OS.ClH/c1-14-5-7-15(8-6-14)17(21-10-3-4-11-21)13-20-18(22)16(19)9-12-23-2;/h5-8,16-17H,3-4,9-13,19H2,1-2H3,(H,20,22);1H/t16-,17?;/m0./s1. The molecule has 3 N–H and O–H groups in total. The number of thioether (sulfide) groups is 1. The number of rotatable bonds is 8. The van der Waals surface area contributed by atoms with Gasteiger partial charge in [-0.1, -0.05) is 29.8 Å². The second-order valence-electron chi connectivity index (χ2n) is 6.30. The van der Waals surface area contributed by atoms with Gasteiger partial charge in [0.05, 0.1) is 12.1 Å². The first-order chi connectivity index (χ1) is 11.1. The molecule has 1 heterocycles. The molecule has 1 saturated heterocycles. The number of carbonyl (C=O) groups is 1. The van der Waals surface area contributed by atoms with E-state index in [1.165, 1.54) is 24.0 Å². The average molecular weight is 372 g/mol. The number of benzene rings is 1. The van der Waals surface area contributed by atoms with Gasteiger partial charge in [-0.15, -0.1) is 12.4 Å². The molecule has 1 fully saturated rings. The van der Waals surface area contributed by atoms with Crippen molar-refractivity contribution in [1.29, 1.82) is 0 Å². The number of carbonyl (C=O) groups excluding carboxylic acids is 1. The van der Waals surface area contributed by atoms with Crippen molar-refractivity contribution in [3.05, 3.63) is 35.4 Å². The molecule has 1 amide bonds. The van der Waals surface area contributed by atoms with Gasteiger partial charge in [0.25, 0.3) is 0 Å². The second kappa shape index (κ2) is 11.0. The molecule has 1 aliphatic rings. The molecule has 2 atom stereocenters. The van der Waals surface area contributed by atoms with Gasteiger partial charge in [-0.25, -0.2) is 0 Å². The molecule has 136 valence electrons. The van der Waals surface area contributed by atoms with E-state index in [9.17, 15) is 4.79 Å². The maximum Gasteiger partial charge on any atom is 0.237 e. The van der Waals surface area contributed by atoms with Crippen molar-refractivity contribution >= 4 is 30.1 Å². The van der Waals surface area contributed by atoms with Crippen LogP contribution in [-0.4, -0.2) is 48.5 Å². The lowest BCUT2D eigenvalue weighted by Crippen LogP contribution is -2.44. The molecule has 1 unspecified atom stereocenters. The molecule has 0 aliphatic carbocycles. The van der Waals surface area contributed by atoms with E-state index in [1.54, 1.807) is 11.8 Å². The van der Waals surface area contributed by atoms with E-state index in [-0.39, 0.29) is 24.4 Å². The summed E-state index contributed by atoms with van der Waals surface area (Å²) < 4.78 is 0. The van der Waals surface area contributed by atoms with Crippen molar-refractivity contribution in [1.82, 2.24) is 10.2 Å². The predicted molar refractivity (Wildman–Crippen MR) is 106 cm³/mol. The molecule has 0 aromatic heterocycles. The molecule has 1 aliphatic heterocycles. The molecular formula is C18H30ClN3OS. The number of amides is 1. The number of likely N-dealkylation sites (tertiary alicyclic amines) is 1. The van der Waals surface area contributed by atoms with Crippen molar-refractivity contribution in [2.45, 2.75) is 38.3 Å². The van der Waals surface area contributed by atoms with Crippen LogP contribution in [0.15, 0.2) is 24.3 Å². The third-order valence-electron chi connectivity index (χ3n) is 4.48. The quantitative estimate of drug-likeness (QED) is 0.737. The Bertz CT molecular complexity index is 492. The van der Waals surface area contributed by atoms with Gasteiger partial charge in [-0.2, -0.15) is 11.8 Å². The van der Waals surface area contributed by atoms with Gasteiger partial charge in [0.2, 0.25) is 5.91 Å². The van der Waals surface area contributed by atoms with E-state index in [1.807, 2.05) is 6.26 Å². The molecule has 0 spiro atoms. The highest BCUT2D eigenvalue weighted by atomic mass is 35.5. The van der Waals surface area contributed by atoms with Gasteiger partial charge in [0, 0.05) is 6.54 Å². The van der Waals surface area contributed by atoms with E-state index >= 15 is 0 Å². The van der Waals surface area contributed by atoms with Gasteiger partial charge in [0.15, 0.2) is 0 Å². The summed E-state index contributed by atoms with van der Waals surface area (Å²) in [6.07, 6.45) is 5.24. The molecule has 1 aromatic carbocycles. The van der Waals surface area contributed by atoms with Gasteiger partial charge < -0.3 is 11.1 Å². The first-order valence-electron chi connectivity index (χ1n) is 8.44. The van der Waals surface area contributed by atoms with Crippen molar-refractivity contribution in [3.8, 4) is 0 Å². The summed E-state index contributed by atoms with van der Waals surface area (Å²) in [5.41, 5.74) is 8.50. The number of hydrogen-bond donors (Lipinski definition) is 2. The summed E-state index contributed by atoms with van der Waals surface area (Å²) in [5, 5.41) is 3.07. The zero-order valence-corrected chi connectivity index (χ0v) is 16.3. The van der Waals surface area contributed by atoms with E-state index in [2.05, 4.69) is 41.4 Å². The van der Waals surface area contributed by atoms with Crippen LogP contribution >= 0.6 is 24.2 Å². The Morgan fingerprint density at radius 3 is 2.50 bits per heavy atom. The average Bonchev–Trinajstić information content (AvgIpc) is 3.08. The highest BCUT2D eigenvalue weighted by Gasteiger charge is 2.24. The Hall–Kier alpha value is -0.750. The van der Waals surface area contributed by atoms with Crippen LogP contribution in [0.25, 0.3) is 0 Å². The van der Waals surface area contributed by atoms with E-state index in [0.717, 1.165) is 25.3 Å². The zero-order chi connectivity index (χ0) is 16.7. The molecular weight excluding hydrogens is 342 g/mol. The third-order valence-corrected chi connectivity index (χ3v) is 5.13. The van der Waals surface area contributed by atoms with Crippen molar-refractivity contribution in [2.24, 2.45) is 5.73 Å². The van der Waals surface area contributed by atoms with Crippen LogP contribution in [0.4, 0.5) is 0 Å². The molecule has 6 heteroatoms. The maximum absolute atomic E-state index is 12.2. The Morgan fingerprint density at radius 2 is 1.92 bits per heavy atom. The lowest BCUT2D eigenvalue weighted by atomic mass is 10.0. The maximum atomic E-state index is 12.2. The first-order valence-corrected chi connectivity index (χ1v) is 9.84. The topological polar surface area (TPSA) is 58.4 Å². The summed E-state index contributed by atoms with van der Waals surface area (Å²) in [7, 11) is 0. The Labute approximate surface area is 156 Å². The van der Waals surface area contributed by atoms with E-state index < -0.39 is 6.04 Å². The van der Waals surface area contributed by atoms with Gasteiger partial charge in [-0.3, -0.25) is 9.69 Å². The number of nitrogens with two attached hydrogens (primary N) is 1. The van der Waals surface area contributed by atoms with Crippen LogP contribution in [0.1, 0.15) is 36.4 Å². The summed E-state index contributed by atoms with van der Waals surface area (Å²) in [6, 6.07) is 8.49. The van der Waals surface area contributed by atoms with Crippen molar-refractivity contribution in [2.75, 3.05) is 31.6 Å². The van der Waals surface area contributed by atoms with Crippen LogP contribution in [-0.2, 0) is 4.79 Å². The zero-order valence-electron chi connectivity index (χ0n) is 14.7. The molecule has 0 saturated carbocycles. The highest BCUT2D eigenvalue weighted by molar-refractivity contribution is 7.98. The fourth-order valence-electron chi connectivity index (χ4n) is 3.00. The Morgan fingerprint density at radius 1 is 1.29 bits per heavy atom. The third kappa shape index (κ3) is 6.28. The minimum absolute atomic E-state index is 0. The minimum atomic E-state index is -0.403. The molecule has 4 nitrogen and oxygen atoms in total. The van der Waals surface area contributed by atoms with Gasteiger partial charge in [-0.05, 0) is 56.8 Å². The monoisotopic (exact) mass is 371 g/mol. The minimum Gasteiger partial charge on any atom is -0.353 e. The lowest BCUT2D eigenvalue weighted by molar-refractivity contribution is -0.122. The summed E-state index contributed by atoms with van der Waals surface area (Å²) >= 11 is 1.72. The molecule has 2 rings (SSSR count). The van der Waals surface area contributed by atoms with Crippen LogP contribution in [0.3, 0.4) is 0 Å². The number of aryl methyl sites for hydroxylation is 1. The van der Waals surface area contributed by atoms with Gasteiger partial charge >= 0.3 is 0 Å². The SMILES string of the molecule is CSCC[C@H](N)C(=O)NCC(c1ccc(C)cc1)N1CCCC1.Cl. The second-order valence-corrected chi connectivity index (χ2v) is 7.29. The Kier molecular flexibility index (Phi) is 9.74. The first kappa shape index (κ1) is 21.3. The smallest absolute Gasteiger partial charge is 0.237 e. The fourth-order valence-corrected chi connectivity index (χ4v) is 3.49. The van der Waals surface area contributed by atoms with Crippen LogP contribution in [0.5, 0.6) is 0 Å². The predicted octanol–water partition coefficient (Wildman–Crippen LogP) is 2.75. The summed E-state index contributed by atoms with van der Waals surface area (Å²) in [5.74, 6) is 0.887. The summed E-state index contributed by atoms with van der Waals surface area (Å²) in [4.78, 5) is 14.7.